The van der Waals surface area contributed by atoms with E-state index in [-0.39, 0.29) is 17.9 Å². The quantitative estimate of drug-likeness (QED) is 0.794. The molecule has 2 heterocycles. The number of carbonyl (C=O) groups is 2. The molecule has 29 heavy (non-hydrogen) atoms. The van der Waals surface area contributed by atoms with Gasteiger partial charge in [0.2, 0.25) is 11.8 Å². The highest BCUT2D eigenvalue weighted by Crippen LogP contribution is 2.46. The first kappa shape index (κ1) is 19.7. The van der Waals surface area contributed by atoms with Crippen LogP contribution < -0.4 is 0 Å². The minimum atomic E-state index is 0.0740. The molecule has 0 N–H and O–H groups in total. The van der Waals surface area contributed by atoms with E-state index >= 15 is 0 Å². The zero-order valence-corrected chi connectivity index (χ0v) is 17.6. The lowest BCUT2D eigenvalue weighted by molar-refractivity contribution is -0.133. The molecule has 152 valence electrons. The fourth-order valence-corrected chi connectivity index (χ4v) is 5.11. The third-order valence-electron chi connectivity index (χ3n) is 6.75. The molecule has 4 heteroatoms. The van der Waals surface area contributed by atoms with Gasteiger partial charge in [-0.15, -0.1) is 0 Å². The van der Waals surface area contributed by atoms with Crippen molar-refractivity contribution in [1.82, 2.24) is 9.80 Å². The van der Waals surface area contributed by atoms with Gasteiger partial charge in [0.05, 0.1) is 12.5 Å². The normalized spacial score (nSPS) is 23.3. The van der Waals surface area contributed by atoms with Crippen molar-refractivity contribution in [3.63, 3.8) is 0 Å². The Bertz CT molecular complexity index is 923. The fourth-order valence-electron chi connectivity index (χ4n) is 5.11. The molecule has 0 bridgehead atoms. The van der Waals surface area contributed by atoms with E-state index in [2.05, 4.69) is 43.0 Å². The molecule has 0 unspecified atom stereocenters. The highest BCUT2D eigenvalue weighted by atomic mass is 16.2. The molecule has 4 rings (SSSR count). The van der Waals surface area contributed by atoms with Gasteiger partial charge in [0.25, 0.3) is 0 Å². The van der Waals surface area contributed by atoms with Crippen molar-refractivity contribution < 1.29 is 9.59 Å². The summed E-state index contributed by atoms with van der Waals surface area (Å²) in [5.74, 6) is 1.08. The molecule has 2 fully saturated rings. The molecular formula is C25H30N2O2. The van der Waals surface area contributed by atoms with E-state index in [0.29, 0.717) is 24.7 Å². The van der Waals surface area contributed by atoms with E-state index in [9.17, 15) is 9.59 Å². The number of nitrogens with zero attached hydrogens (tertiary/aromatic N) is 2. The minimum absolute atomic E-state index is 0.0740. The molecule has 0 aromatic heterocycles. The van der Waals surface area contributed by atoms with Crippen LogP contribution in [0, 0.1) is 25.7 Å². The van der Waals surface area contributed by atoms with Crippen molar-refractivity contribution in [2.45, 2.75) is 39.7 Å². The predicted octanol–water partition coefficient (Wildman–Crippen LogP) is 3.91. The minimum Gasteiger partial charge on any atom is -0.342 e. The Morgan fingerprint density at radius 1 is 0.897 bits per heavy atom. The molecule has 2 aliphatic heterocycles. The number of rotatable bonds is 4. The smallest absolute Gasteiger partial charge is 0.227 e. The predicted molar refractivity (Wildman–Crippen MR) is 114 cm³/mol. The van der Waals surface area contributed by atoms with Gasteiger partial charge in [-0.1, -0.05) is 55.5 Å². The van der Waals surface area contributed by atoms with Crippen LogP contribution in [0.4, 0.5) is 0 Å². The molecule has 2 amide bonds. The van der Waals surface area contributed by atoms with Gasteiger partial charge >= 0.3 is 0 Å². The summed E-state index contributed by atoms with van der Waals surface area (Å²) in [6.07, 6.45) is 0.983. The molecule has 3 atom stereocenters. The second-order valence-electron chi connectivity index (χ2n) is 8.53. The maximum Gasteiger partial charge on any atom is 0.227 e. The van der Waals surface area contributed by atoms with E-state index in [0.717, 1.165) is 30.8 Å². The van der Waals surface area contributed by atoms with E-state index in [1.54, 1.807) is 0 Å². The van der Waals surface area contributed by atoms with Crippen LogP contribution in [0.25, 0.3) is 0 Å². The summed E-state index contributed by atoms with van der Waals surface area (Å²) in [6, 6.07) is 16.6. The summed E-state index contributed by atoms with van der Waals surface area (Å²) in [4.78, 5) is 29.8. The Morgan fingerprint density at radius 2 is 1.59 bits per heavy atom. The van der Waals surface area contributed by atoms with Crippen LogP contribution in [0.1, 0.15) is 41.6 Å². The van der Waals surface area contributed by atoms with Crippen LogP contribution >= 0.6 is 0 Å². The maximum atomic E-state index is 13.0. The molecule has 0 aliphatic carbocycles. The third kappa shape index (κ3) is 3.68. The Balaban J connectivity index is 1.55. The van der Waals surface area contributed by atoms with Crippen LogP contribution in [0.2, 0.25) is 0 Å². The number of carbonyl (C=O) groups excluding carboxylic acids is 2. The van der Waals surface area contributed by atoms with Gasteiger partial charge < -0.3 is 9.80 Å². The zero-order valence-electron chi connectivity index (χ0n) is 17.6. The Morgan fingerprint density at radius 3 is 2.28 bits per heavy atom. The lowest BCUT2D eigenvalue weighted by atomic mass is 9.87. The summed E-state index contributed by atoms with van der Waals surface area (Å²) < 4.78 is 0. The van der Waals surface area contributed by atoms with E-state index in [1.165, 1.54) is 11.1 Å². The van der Waals surface area contributed by atoms with Crippen molar-refractivity contribution in [1.29, 1.82) is 0 Å². The van der Waals surface area contributed by atoms with E-state index in [1.807, 2.05) is 36.1 Å². The van der Waals surface area contributed by atoms with Crippen molar-refractivity contribution in [3.05, 3.63) is 70.8 Å². The monoisotopic (exact) mass is 390 g/mol. The highest BCUT2D eigenvalue weighted by molar-refractivity contribution is 5.80. The van der Waals surface area contributed by atoms with Crippen LogP contribution in [0.15, 0.2) is 48.5 Å². The summed E-state index contributed by atoms with van der Waals surface area (Å²) in [5, 5.41) is 0. The second kappa shape index (κ2) is 8.02. The zero-order chi connectivity index (χ0) is 20.5. The van der Waals surface area contributed by atoms with Crippen molar-refractivity contribution in [2.75, 3.05) is 19.6 Å². The van der Waals surface area contributed by atoms with Crippen molar-refractivity contribution in [3.8, 4) is 0 Å². The van der Waals surface area contributed by atoms with Crippen LogP contribution in [-0.2, 0) is 16.0 Å². The molecule has 0 spiro atoms. The largest absolute Gasteiger partial charge is 0.342 e. The Labute approximate surface area is 173 Å². The summed E-state index contributed by atoms with van der Waals surface area (Å²) in [7, 11) is 0. The Hall–Kier alpha value is -2.62. The van der Waals surface area contributed by atoms with Gasteiger partial charge in [-0.05, 0) is 36.1 Å². The number of benzene rings is 2. The van der Waals surface area contributed by atoms with Crippen LogP contribution in [0.3, 0.4) is 0 Å². The van der Waals surface area contributed by atoms with Gasteiger partial charge in [0.1, 0.15) is 0 Å². The topological polar surface area (TPSA) is 40.6 Å². The van der Waals surface area contributed by atoms with Gasteiger partial charge in [-0.2, -0.15) is 0 Å². The summed E-state index contributed by atoms with van der Waals surface area (Å²) in [5.41, 5.74) is 4.72. The summed E-state index contributed by atoms with van der Waals surface area (Å²) in [6.45, 7) is 8.36. The lowest BCUT2D eigenvalue weighted by Gasteiger charge is -2.31. The SMILES string of the molecule is CCC(=O)N1C[C@@H]2CN(C(=O)Cc3ccccc3C)C[C@@H]2[C@H]1c1ccccc1C. The maximum absolute atomic E-state index is 13.0. The fraction of sp³-hybridized carbons (Fsp3) is 0.440. The first-order valence-corrected chi connectivity index (χ1v) is 10.7. The van der Waals surface area contributed by atoms with Gasteiger partial charge in [0, 0.05) is 37.9 Å². The lowest BCUT2D eigenvalue weighted by Crippen LogP contribution is -2.37. The Kier molecular flexibility index (Phi) is 5.44. The third-order valence-corrected chi connectivity index (χ3v) is 6.75. The van der Waals surface area contributed by atoms with Crippen LogP contribution in [-0.4, -0.2) is 41.2 Å². The molecular weight excluding hydrogens is 360 g/mol. The van der Waals surface area contributed by atoms with Gasteiger partial charge in [-0.25, -0.2) is 0 Å². The van der Waals surface area contributed by atoms with Crippen molar-refractivity contribution >= 4 is 11.8 Å². The molecule has 2 aromatic carbocycles. The van der Waals surface area contributed by atoms with Crippen LogP contribution in [0.5, 0.6) is 0 Å². The highest BCUT2D eigenvalue weighted by Gasteiger charge is 2.49. The number of likely N-dealkylation sites (tertiary alicyclic amines) is 2. The van der Waals surface area contributed by atoms with E-state index in [4.69, 9.17) is 0 Å². The first-order valence-electron chi connectivity index (χ1n) is 10.7. The second-order valence-corrected chi connectivity index (χ2v) is 8.53. The van der Waals surface area contributed by atoms with Gasteiger partial charge in [-0.3, -0.25) is 9.59 Å². The van der Waals surface area contributed by atoms with Gasteiger partial charge in [0.15, 0.2) is 0 Å². The molecule has 0 saturated carbocycles. The average molecular weight is 391 g/mol. The number of amides is 2. The molecule has 2 saturated heterocycles. The molecule has 2 aromatic rings. The first-order chi connectivity index (χ1) is 14.0. The number of hydrogen-bond acceptors (Lipinski definition) is 2. The molecule has 2 aliphatic rings. The average Bonchev–Trinajstić information content (AvgIpc) is 3.28. The molecule has 4 nitrogen and oxygen atoms in total. The number of fused-ring (bicyclic) bond motifs is 1. The number of aryl methyl sites for hydroxylation is 2. The molecule has 0 radical (unpaired) electrons. The van der Waals surface area contributed by atoms with Crippen molar-refractivity contribution in [2.24, 2.45) is 11.8 Å². The number of hydrogen-bond donors (Lipinski definition) is 0. The summed E-state index contributed by atoms with van der Waals surface area (Å²) >= 11 is 0. The van der Waals surface area contributed by atoms with E-state index < -0.39 is 0 Å². The standard InChI is InChI=1S/C25H30N2O2/c1-4-23(28)27-15-20-14-26(24(29)13-19-11-7-5-9-17(19)2)16-22(20)25(27)21-12-8-6-10-18(21)3/h5-12,20,22,25H,4,13-16H2,1-3H3/t20-,22-,25+/m0/s1.